The van der Waals surface area contributed by atoms with Crippen molar-refractivity contribution in [3.63, 3.8) is 0 Å². The zero-order chi connectivity index (χ0) is 11.5. The quantitative estimate of drug-likeness (QED) is 0.840. The summed E-state index contributed by atoms with van der Waals surface area (Å²) in [5, 5.41) is 7.93. The molecular formula is C10H15N5O. The Labute approximate surface area is 93.4 Å². The van der Waals surface area contributed by atoms with Crippen LogP contribution in [0.2, 0.25) is 0 Å². The Morgan fingerprint density at radius 1 is 1.56 bits per heavy atom. The highest BCUT2D eigenvalue weighted by Crippen LogP contribution is 2.18. The first-order valence-corrected chi connectivity index (χ1v) is 5.29. The summed E-state index contributed by atoms with van der Waals surface area (Å²) in [6, 6.07) is -0.178. The van der Waals surface area contributed by atoms with E-state index in [1.807, 2.05) is 13.2 Å². The van der Waals surface area contributed by atoms with Crippen molar-refractivity contribution in [3.8, 4) is 11.4 Å². The molecule has 0 bridgehead atoms. The molecule has 0 unspecified atom stereocenters. The van der Waals surface area contributed by atoms with Crippen molar-refractivity contribution in [3.05, 3.63) is 18.3 Å². The Hall–Kier alpha value is -1.69. The largest absolute Gasteiger partial charge is 0.337 e. The molecule has 0 aromatic carbocycles. The fraction of sp³-hybridized carbons (Fsp3) is 0.500. The zero-order valence-electron chi connectivity index (χ0n) is 9.42. The topological polar surface area (TPSA) is 82.8 Å². The van der Waals surface area contributed by atoms with Gasteiger partial charge in [0.05, 0.1) is 17.8 Å². The monoisotopic (exact) mass is 221 g/mol. The van der Waals surface area contributed by atoms with Gasteiger partial charge in [-0.1, -0.05) is 18.5 Å². The zero-order valence-corrected chi connectivity index (χ0v) is 9.42. The molecule has 0 saturated heterocycles. The molecule has 0 radical (unpaired) electrons. The van der Waals surface area contributed by atoms with Crippen LogP contribution in [-0.4, -0.2) is 19.9 Å². The predicted molar refractivity (Wildman–Crippen MR) is 58.3 cm³/mol. The van der Waals surface area contributed by atoms with E-state index in [0.29, 0.717) is 11.7 Å². The molecule has 1 atom stereocenters. The lowest BCUT2D eigenvalue weighted by Crippen LogP contribution is -2.09. The van der Waals surface area contributed by atoms with Gasteiger partial charge in [0.25, 0.3) is 0 Å². The number of aryl methyl sites for hydroxylation is 1. The molecule has 0 aliphatic heterocycles. The third kappa shape index (κ3) is 2.11. The highest BCUT2D eigenvalue weighted by molar-refractivity contribution is 5.51. The van der Waals surface area contributed by atoms with E-state index in [4.69, 9.17) is 10.3 Å². The molecule has 6 heteroatoms. The lowest BCUT2D eigenvalue weighted by atomic mass is 10.2. The number of nitrogens with two attached hydrogens (primary N) is 1. The van der Waals surface area contributed by atoms with Gasteiger partial charge in [-0.15, -0.1) is 0 Å². The molecule has 2 aromatic rings. The van der Waals surface area contributed by atoms with Crippen molar-refractivity contribution < 1.29 is 4.52 Å². The van der Waals surface area contributed by atoms with Crippen LogP contribution >= 0.6 is 0 Å². The van der Waals surface area contributed by atoms with Gasteiger partial charge in [-0.25, -0.2) is 0 Å². The van der Waals surface area contributed by atoms with Gasteiger partial charge in [-0.3, -0.25) is 4.68 Å². The molecule has 0 fully saturated rings. The van der Waals surface area contributed by atoms with Gasteiger partial charge < -0.3 is 10.3 Å². The number of hydrogen-bond donors (Lipinski definition) is 1. The Morgan fingerprint density at radius 3 is 3.00 bits per heavy atom. The summed E-state index contributed by atoms with van der Waals surface area (Å²) in [5.74, 6) is 1.02. The van der Waals surface area contributed by atoms with Crippen molar-refractivity contribution in [2.75, 3.05) is 0 Å². The number of hydrogen-bond acceptors (Lipinski definition) is 5. The molecule has 2 aromatic heterocycles. The Kier molecular flexibility index (Phi) is 3.00. The molecule has 86 valence electrons. The summed E-state index contributed by atoms with van der Waals surface area (Å²) in [7, 11) is 1.84. The average Bonchev–Trinajstić information content (AvgIpc) is 2.85. The highest BCUT2D eigenvalue weighted by Gasteiger charge is 2.15. The fourth-order valence-corrected chi connectivity index (χ4v) is 1.47. The maximum Gasteiger partial charge on any atom is 0.243 e. The summed E-state index contributed by atoms with van der Waals surface area (Å²) in [6.45, 7) is 2.07. The molecule has 2 N–H and O–H groups in total. The smallest absolute Gasteiger partial charge is 0.243 e. The number of aromatic nitrogens is 4. The van der Waals surface area contributed by atoms with Crippen molar-refractivity contribution in [1.29, 1.82) is 0 Å². The van der Waals surface area contributed by atoms with E-state index in [1.165, 1.54) is 0 Å². The Bertz CT molecular complexity index is 461. The Balaban J connectivity index is 2.19. The lowest BCUT2D eigenvalue weighted by Gasteiger charge is -2.01. The molecule has 2 heterocycles. The van der Waals surface area contributed by atoms with Gasteiger partial charge in [-0.2, -0.15) is 10.1 Å². The van der Waals surface area contributed by atoms with Gasteiger partial charge in [-0.05, 0) is 6.42 Å². The first kappa shape index (κ1) is 10.8. The minimum atomic E-state index is -0.178. The van der Waals surface area contributed by atoms with Crippen molar-refractivity contribution in [2.24, 2.45) is 12.8 Å². The van der Waals surface area contributed by atoms with Gasteiger partial charge in [0, 0.05) is 13.2 Å². The van der Waals surface area contributed by atoms with Crippen LogP contribution in [-0.2, 0) is 7.05 Å². The van der Waals surface area contributed by atoms with Gasteiger partial charge in [0.15, 0.2) is 0 Å². The van der Waals surface area contributed by atoms with Gasteiger partial charge in [0.2, 0.25) is 11.7 Å². The molecule has 0 aliphatic carbocycles. The summed E-state index contributed by atoms with van der Waals surface area (Å²) in [4.78, 5) is 4.26. The van der Waals surface area contributed by atoms with E-state index in [0.717, 1.165) is 18.4 Å². The molecule has 0 amide bonds. The summed E-state index contributed by atoms with van der Waals surface area (Å²) < 4.78 is 6.81. The molecule has 0 saturated carbocycles. The maximum absolute atomic E-state index is 5.89. The van der Waals surface area contributed by atoms with Gasteiger partial charge >= 0.3 is 0 Å². The molecule has 0 aliphatic rings. The SMILES string of the molecule is CCC[C@@H](N)c1nc(-c2cnn(C)c2)no1. The summed E-state index contributed by atoms with van der Waals surface area (Å²) in [5.41, 5.74) is 6.72. The maximum atomic E-state index is 5.89. The minimum Gasteiger partial charge on any atom is -0.337 e. The third-order valence-corrected chi connectivity index (χ3v) is 2.32. The standard InChI is InChI=1S/C10H15N5O/c1-3-4-8(11)10-13-9(14-16-10)7-5-12-15(2)6-7/h5-6,8H,3-4,11H2,1-2H3/t8-/m1/s1. The van der Waals surface area contributed by atoms with Crippen molar-refractivity contribution in [1.82, 2.24) is 19.9 Å². The van der Waals surface area contributed by atoms with Crippen LogP contribution < -0.4 is 5.73 Å². The highest BCUT2D eigenvalue weighted by atomic mass is 16.5. The molecule has 0 spiro atoms. The molecular weight excluding hydrogens is 206 g/mol. The normalized spacial score (nSPS) is 12.9. The van der Waals surface area contributed by atoms with Crippen LogP contribution in [0, 0.1) is 0 Å². The van der Waals surface area contributed by atoms with Crippen LogP contribution in [0.15, 0.2) is 16.9 Å². The Morgan fingerprint density at radius 2 is 2.38 bits per heavy atom. The van der Waals surface area contributed by atoms with E-state index in [2.05, 4.69) is 22.2 Å². The van der Waals surface area contributed by atoms with Crippen molar-refractivity contribution in [2.45, 2.75) is 25.8 Å². The molecule has 6 nitrogen and oxygen atoms in total. The molecule has 16 heavy (non-hydrogen) atoms. The van der Waals surface area contributed by atoms with Crippen LogP contribution in [0.3, 0.4) is 0 Å². The first-order chi connectivity index (χ1) is 7.70. The van der Waals surface area contributed by atoms with E-state index in [-0.39, 0.29) is 6.04 Å². The number of rotatable bonds is 4. The number of nitrogens with zero attached hydrogens (tertiary/aromatic N) is 4. The fourth-order valence-electron chi connectivity index (χ4n) is 1.47. The second kappa shape index (κ2) is 4.44. The predicted octanol–water partition coefficient (Wildman–Crippen LogP) is 1.27. The van der Waals surface area contributed by atoms with E-state index in [9.17, 15) is 0 Å². The first-order valence-electron chi connectivity index (χ1n) is 5.29. The van der Waals surface area contributed by atoms with Crippen molar-refractivity contribution >= 4 is 0 Å². The summed E-state index contributed by atoms with van der Waals surface area (Å²) in [6.07, 6.45) is 5.36. The van der Waals surface area contributed by atoms with Crippen LogP contribution in [0.5, 0.6) is 0 Å². The third-order valence-electron chi connectivity index (χ3n) is 2.32. The van der Waals surface area contributed by atoms with E-state index < -0.39 is 0 Å². The summed E-state index contributed by atoms with van der Waals surface area (Å²) >= 11 is 0. The van der Waals surface area contributed by atoms with E-state index in [1.54, 1.807) is 10.9 Å². The van der Waals surface area contributed by atoms with E-state index >= 15 is 0 Å². The van der Waals surface area contributed by atoms with Crippen LogP contribution in [0.1, 0.15) is 31.7 Å². The van der Waals surface area contributed by atoms with Gasteiger partial charge in [0.1, 0.15) is 0 Å². The molecule has 2 rings (SSSR count). The second-order valence-electron chi connectivity index (χ2n) is 3.75. The van der Waals surface area contributed by atoms with Crippen LogP contribution in [0.25, 0.3) is 11.4 Å². The average molecular weight is 221 g/mol. The second-order valence-corrected chi connectivity index (χ2v) is 3.75. The lowest BCUT2D eigenvalue weighted by molar-refractivity contribution is 0.348. The minimum absolute atomic E-state index is 0.178. The van der Waals surface area contributed by atoms with Crippen LogP contribution in [0.4, 0.5) is 0 Å².